The van der Waals surface area contributed by atoms with E-state index in [9.17, 15) is 14.8 Å². The van der Waals surface area contributed by atoms with E-state index in [0.29, 0.717) is 41.8 Å². The lowest BCUT2D eigenvalue weighted by atomic mass is 9.76. The summed E-state index contributed by atoms with van der Waals surface area (Å²) in [5, 5.41) is 15.2. The average Bonchev–Trinajstić information content (AvgIpc) is 3.19. The van der Waals surface area contributed by atoms with Gasteiger partial charge in [0.25, 0.3) is 5.91 Å². The topological polar surface area (TPSA) is 99.6 Å². The molecule has 1 aliphatic heterocycles. The molecule has 0 aliphatic carbocycles. The molecule has 1 amide bonds. The summed E-state index contributed by atoms with van der Waals surface area (Å²) < 4.78 is 10.00. The van der Waals surface area contributed by atoms with Crippen molar-refractivity contribution >= 4 is 29.0 Å². The molecule has 8 heteroatoms. The average molecular weight is 435 g/mol. The van der Waals surface area contributed by atoms with Gasteiger partial charge in [0, 0.05) is 29.9 Å². The Hall–Kier alpha value is -3.68. The zero-order valence-electron chi connectivity index (χ0n) is 17.9. The lowest BCUT2D eigenvalue weighted by Gasteiger charge is -2.40. The number of fused-ring (bicyclic) bond motifs is 1. The number of likely N-dealkylation sites (tertiary alicyclic amines) is 1. The minimum atomic E-state index is -0.800. The second kappa shape index (κ2) is 9.21. The number of carbonyl (C=O) groups excluding carboxylic acids is 2. The number of nitrogens with zero attached hydrogens (tertiary/aromatic N) is 3. The Balaban J connectivity index is 1.56. The number of esters is 1. The molecule has 0 spiro atoms. The van der Waals surface area contributed by atoms with Crippen molar-refractivity contribution in [1.29, 1.82) is 0 Å². The number of allylic oxidation sites excluding steroid dienone is 1. The Kier molecular flexibility index (Phi) is 6.20. The van der Waals surface area contributed by atoms with Gasteiger partial charge in [0.15, 0.2) is 0 Å². The van der Waals surface area contributed by atoms with Gasteiger partial charge in [-0.05, 0) is 48.8 Å². The van der Waals surface area contributed by atoms with Crippen LogP contribution in [0.15, 0.2) is 59.2 Å². The second-order valence-corrected chi connectivity index (χ2v) is 7.98. The zero-order valence-corrected chi connectivity index (χ0v) is 17.9. The predicted molar refractivity (Wildman–Crippen MR) is 117 cm³/mol. The number of ether oxygens (including phenoxy) is 1. The van der Waals surface area contributed by atoms with Crippen molar-refractivity contribution in [3.8, 4) is 0 Å². The van der Waals surface area contributed by atoms with Crippen LogP contribution in [0.1, 0.15) is 42.1 Å². The van der Waals surface area contributed by atoms with Crippen LogP contribution in [-0.2, 0) is 9.53 Å². The zero-order chi connectivity index (χ0) is 22.6. The number of carbonyl (C=O) groups is 2. The maximum absolute atomic E-state index is 13.2. The first-order valence-corrected chi connectivity index (χ1v) is 10.7. The van der Waals surface area contributed by atoms with Gasteiger partial charge in [-0.25, -0.2) is 0 Å². The molecule has 1 aromatic heterocycles. The van der Waals surface area contributed by atoms with E-state index >= 15 is 0 Å². The molecule has 4 rings (SSSR count). The number of rotatable bonds is 6. The smallest absolute Gasteiger partial charge is 0.314 e. The Labute approximate surface area is 185 Å². The fourth-order valence-corrected chi connectivity index (χ4v) is 4.18. The molecule has 1 atom stereocenters. The molecule has 0 N–H and O–H groups in total. The molecular formula is C24H25N3O5. The molecule has 3 aromatic rings. The summed E-state index contributed by atoms with van der Waals surface area (Å²) in [7, 11) is 0. The molecule has 0 bridgehead atoms. The van der Waals surface area contributed by atoms with Crippen LogP contribution >= 0.6 is 0 Å². The molecule has 1 saturated heterocycles. The van der Waals surface area contributed by atoms with Gasteiger partial charge < -0.3 is 14.8 Å². The van der Waals surface area contributed by atoms with E-state index in [-0.39, 0.29) is 30.5 Å². The highest BCUT2D eigenvalue weighted by atomic mass is 16.8. The van der Waals surface area contributed by atoms with Crippen LogP contribution in [0.4, 0.5) is 0 Å². The summed E-state index contributed by atoms with van der Waals surface area (Å²) in [5.74, 6) is -0.498. The van der Waals surface area contributed by atoms with Crippen molar-refractivity contribution in [2.24, 2.45) is 5.41 Å². The lowest BCUT2D eigenvalue weighted by molar-refractivity contribution is -0.782. The third-order valence-electron chi connectivity index (χ3n) is 5.82. The minimum absolute atomic E-state index is 0.215. The quantitative estimate of drug-likeness (QED) is 0.435. The highest BCUT2D eigenvalue weighted by molar-refractivity contribution is 5.97. The molecule has 2 heterocycles. The third-order valence-corrected chi connectivity index (χ3v) is 5.82. The SMILES string of the molecule is CCOC(=O)[C@]1(C/C=C/c2ccccc2)CCCN(C(=O)c2ccc3c(c2)no[n+]3[O-])C1. The highest BCUT2D eigenvalue weighted by Crippen LogP contribution is 2.36. The van der Waals surface area contributed by atoms with Gasteiger partial charge in [0.1, 0.15) is 0 Å². The van der Waals surface area contributed by atoms with E-state index in [0.717, 1.165) is 5.56 Å². The number of hydrogen-bond acceptors (Lipinski definition) is 6. The van der Waals surface area contributed by atoms with Crippen molar-refractivity contribution in [2.45, 2.75) is 26.2 Å². The molecule has 2 aromatic carbocycles. The summed E-state index contributed by atoms with van der Waals surface area (Å²) in [6.07, 6.45) is 5.78. The van der Waals surface area contributed by atoms with Crippen molar-refractivity contribution in [3.05, 3.63) is 70.9 Å². The van der Waals surface area contributed by atoms with Gasteiger partial charge in [-0.3, -0.25) is 14.2 Å². The van der Waals surface area contributed by atoms with Gasteiger partial charge in [0.2, 0.25) is 11.0 Å². The number of aromatic nitrogens is 2. The van der Waals surface area contributed by atoms with Crippen LogP contribution in [0.2, 0.25) is 0 Å². The van der Waals surface area contributed by atoms with E-state index in [1.807, 2.05) is 42.5 Å². The second-order valence-electron chi connectivity index (χ2n) is 7.98. The van der Waals surface area contributed by atoms with E-state index in [4.69, 9.17) is 4.74 Å². The number of amides is 1. The van der Waals surface area contributed by atoms with Crippen LogP contribution in [0.25, 0.3) is 17.1 Å². The molecule has 8 nitrogen and oxygen atoms in total. The Morgan fingerprint density at radius 2 is 2.09 bits per heavy atom. The van der Waals surface area contributed by atoms with Gasteiger partial charge in [-0.2, -0.15) is 0 Å². The Morgan fingerprint density at radius 1 is 1.28 bits per heavy atom. The summed E-state index contributed by atoms with van der Waals surface area (Å²) >= 11 is 0. The van der Waals surface area contributed by atoms with Gasteiger partial charge in [0.05, 0.1) is 12.0 Å². The molecule has 1 aliphatic rings. The van der Waals surface area contributed by atoms with Crippen molar-refractivity contribution in [1.82, 2.24) is 10.1 Å². The standard InChI is InChI=1S/C24H25N3O5/c1-2-31-23(29)24(13-6-10-18-8-4-3-5-9-18)14-7-15-26(17-24)22(28)19-11-12-21-20(16-19)25-32-27(21)30/h3-6,8-12,16H,2,7,13-15,17H2,1H3/b10-6+/t24-/m1/s1. The summed E-state index contributed by atoms with van der Waals surface area (Å²) in [6.45, 7) is 2.88. The third kappa shape index (κ3) is 4.34. The van der Waals surface area contributed by atoms with E-state index < -0.39 is 5.41 Å². The van der Waals surface area contributed by atoms with Crippen LogP contribution < -0.4 is 4.90 Å². The minimum Gasteiger partial charge on any atom is -0.466 e. The fraction of sp³-hybridized carbons (Fsp3) is 0.333. The molecule has 0 radical (unpaired) electrons. The number of benzene rings is 2. The molecule has 0 saturated carbocycles. The first-order chi connectivity index (χ1) is 15.5. The maximum atomic E-state index is 13.2. The largest absolute Gasteiger partial charge is 0.466 e. The summed E-state index contributed by atoms with van der Waals surface area (Å²) in [6, 6.07) is 14.5. The van der Waals surface area contributed by atoms with Gasteiger partial charge in [-0.1, -0.05) is 42.5 Å². The number of piperidine rings is 1. The predicted octanol–water partition coefficient (Wildman–Crippen LogP) is 3.35. The fourth-order valence-electron chi connectivity index (χ4n) is 4.18. The normalized spacial score (nSPS) is 18.8. The molecule has 0 unspecified atom stereocenters. The number of hydrogen-bond donors (Lipinski definition) is 0. The van der Waals surface area contributed by atoms with Crippen molar-refractivity contribution in [3.63, 3.8) is 0 Å². The maximum Gasteiger partial charge on any atom is 0.314 e. The molecular weight excluding hydrogens is 410 g/mol. The van der Waals surface area contributed by atoms with Crippen LogP contribution in [-0.4, -0.2) is 41.6 Å². The summed E-state index contributed by atoms with van der Waals surface area (Å²) in [5.41, 5.74) is 1.21. The van der Waals surface area contributed by atoms with Crippen LogP contribution in [0.3, 0.4) is 0 Å². The van der Waals surface area contributed by atoms with Gasteiger partial charge in [-0.15, -0.1) is 0 Å². The van der Waals surface area contributed by atoms with Crippen molar-refractivity contribution < 1.29 is 23.9 Å². The van der Waals surface area contributed by atoms with Crippen LogP contribution in [0, 0.1) is 10.6 Å². The van der Waals surface area contributed by atoms with Gasteiger partial charge >= 0.3 is 5.97 Å². The Morgan fingerprint density at radius 3 is 2.88 bits per heavy atom. The van der Waals surface area contributed by atoms with Crippen molar-refractivity contribution in [2.75, 3.05) is 19.7 Å². The summed E-state index contributed by atoms with van der Waals surface area (Å²) in [4.78, 5) is 28.2. The molecule has 32 heavy (non-hydrogen) atoms. The van der Waals surface area contributed by atoms with E-state index in [2.05, 4.69) is 9.79 Å². The monoisotopic (exact) mass is 435 g/mol. The molecule has 166 valence electrons. The molecule has 1 fully saturated rings. The van der Waals surface area contributed by atoms with E-state index in [1.54, 1.807) is 17.9 Å². The van der Waals surface area contributed by atoms with E-state index in [1.165, 1.54) is 12.1 Å². The highest BCUT2D eigenvalue weighted by Gasteiger charge is 2.44. The van der Waals surface area contributed by atoms with Crippen LogP contribution in [0.5, 0.6) is 0 Å². The first kappa shape index (κ1) is 21.5. The first-order valence-electron chi connectivity index (χ1n) is 10.7. The Bertz CT molecular complexity index is 1140. The lowest BCUT2D eigenvalue weighted by Crippen LogP contribution is -2.50.